The Morgan fingerprint density at radius 1 is 1.56 bits per heavy atom. The molecule has 0 radical (unpaired) electrons. The van der Waals surface area contributed by atoms with Gasteiger partial charge in [0.1, 0.15) is 17.1 Å². The van der Waals surface area contributed by atoms with E-state index in [0.29, 0.717) is 22.2 Å². The zero-order valence-electron chi connectivity index (χ0n) is 8.40. The largest absolute Gasteiger partial charge is 0.361 e. The predicted octanol–water partition coefficient (Wildman–Crippen LogP) is 2.28. The van der Waals surface area contributed by atoms with E-state index < -0.39 is 0 Å². The minimum Gasteiger partial charge on any atom is -0.361 e. The lowest BCUT2D eigenvalue weighted by atomic mass is 10.2. The summed E-state index contributed by atoms with van der Waals surface area (Å²) in [6.45, 7) is 1.66. The number of aryl methyl sites for hydroxylation is 1. The summed E-state index contributed by atoms with van der Waals surface area (Å²) >= 11 is 5.76. The van der Waals surface area contributed by atoms with Crippen molar-refractivity contribution in [2.45, 2.75) is 6.92 Å². The average molecular weight is 238 g/mol. The van der Waals surface area contributed by atoms with Crippen LogP contribution in [0.5, 0.6) is 0 Å². The van der Waals surface area contributed by atoms with Crippen LogP contribution < -0.4 is 5.32 Å². The van der Waals surface area contributed by atoms with Crippen molar-refractivity contribution in [1.82, 2.24) is 10.1 Å². The number of amides is 1. The standard InChI is InChI=1S/C10H8ClN3O2/c1-6-8(5-13-16-6)10(15)14-9-4-7(11)2-3-12-9/h2-5H,1H3,(H,12,14,15). The summed E-state index contributed by atoms with van der Waals surface area (Å²) in [6.07, 6.45) is 2.87. The second-order valence-electron chi connectivity index (χ2n) is 3.11. The molecule has 0 saturated carbocycles. The smallest absolute Gasteiger partial charge is 0.262 e. The van der Waals surface area contributed by atoms with Gasteiger partial charge in [-0.15, -0.1) is 0 Å². The molecule has 0 aliphatic rings. The molecule has 0 aromatic carbocycles. The zero-order valence-corrected chi connectivity index (χ0v) is 9.15. The van der Waals surface area contributed by atoms with Gasteiger partial charge in [0.05, 0.1) is 6.20 Å². The molecule has 82 valence electrons. The highest BCUT2D eigenvalue weighted by Gasteiger charge is 2.13. The number of aromatic nitrogens is 2. The van der Waals surface area contributed by atoms with E-state index in [1.54, 1.807) is 19.1 Å². The third kappa shape index (κ3) is 2.20. The van der Waals surface area contributed by atoms with E-state index in [4.69, 9.17) is 16.1 Å². The minimum atomic E-state index is -0.325. The number of carbonyl (C=O) groups is 1. The summed E-state index contributed by atoms with van der Waals surface area (Å²) < 4.78 is 4.79. The van der Waals surface area contributed by atoms with Gasteiger partial charge in [-0.05, 0) is 19.1 Å². The number of hydrogen-bond acceptors (Lipinski definition) is 4. The fraction of sp³-hybridized carbons (Fsp3) is 0.100. The average Bonchev–Trinajstić information content (AvgIpc) is 2.64. The highest BCUT2D eigenvalue weighted by atomic mass is 35.5. The Kier molecular flexibility index (Phi) is 2.87. The Morgan fingerprint density at radius 3 is 3.00 bits per heavy atom. The van der Waals surface area contributed by atoms with E-state index in [1.807, 2.05) is 0 Å². The van der Waals surface area contributed by atoms with Crippen LogP contribution in [-0.4, -0.2) is 16.0 Å². The Balaban J connectivity index is 2.17. The number of nitrogens with zero attached hydrogens (tertiary/aromatic N) is 2. The van der Waals surface area contributed by atoms with Gasteiger partial charge in [0.25, 0.3) is 5.91 Å². The van der Waals surface area contributed by atoms with E-state index >= 15 is 0 Å². The molecule has 0 aliphatic carbocycles. The van der Waals surface area contributed by atoms with Crippen molar-refractivity contribution >= 4 is 23.3 Å². The second-order valence-corrected chi connectivity index (χ2v) is 3.55. The van der Waals surface area contributed by atoms with E-state index in [2.05, 4.69) is 15.5 Å². The maximum atomic E-state index is 11.7. The van der Waals surface area contributed by atoms with Gasteiger partial charge in [-0.25, -0.2) is 4.98 Å². The molecule has 1 amide bonds. The first-order valence-electron chi connectivity index (χ1n) is 4.51. The second kappa shape index (κ2) is 4.32. The van der Waals surface area contributed by atoms with Gasteiger partial charge in [0.2, 0.25) is 0 Å². The van der Waals surface area contributed by atoms with Gasteiger partial charge in [0.15, 0.2) is 0 Å². The third-order valence-electron chi connectivity index (χ3n) is 1.96. The van der Waals surface area contributed by atoms with Crippen molar-refractivity contribution in [3.05, 3.63) is 40.9 Å². The number of pyridine rings is 1. The summed E-state index contributed by atoms with van der Waals surface area (Å²) in [5.74, 6) is 0.520. The molecule has 0 aliphatic heterocycles. The Hall–Kier alpha value is -1.88. The first kappa shape index (κ1) is 10.6. The summed E-state index contributed by atoms with van der Waals surface area (Å²) in [4.78, 5) is 15.7. The number of anilines is 1. The van der Waals surface area contributed by atoms with Gasteiger partial charge < -0.3 is 9.84 Å². The summed E-state index contributed by atoms with van der Waals surface area (Å²) in [7, 11) is 0. The highest BCUT2D eigenvalue weighted by molar-refractivity contribution is 6.30. The normalized spacial score (nSPS) is 10.1. The van der Waals surface area contributed by atoms with Gasteiger partial charge >= 0.3 is 0 Å². The highest BCUT2D eigenvalue weighted by Crippen LogP contribution is 2.14. The van der Waals surface area contributed by atoms with Crippen LogP contribution in [0.3, 0.4) is 0 Å². The van der Waals surface area contributed by atoms with Gasteiger partial charge in [0, 0.05) is 11.2 Å². The van der Waals surface area contributed by atoms with E-state index in [0.717, 1.165) is 0 Å². The van der Waals surface area contributed by atoms with Crippen molar-refractivity contribution in [2.75, 3.05) is 5.32 Å². The van der Waals surface area contributed by atoms with E-state index in [9.17, 15) is 4.79 Å². The number of nitrogens with one attached hydrogen (secondary N) is 1. The Bertz CT molecular complexity index is 524. The van der Waals surface area contributed by atoms with Crippen LogP contribution in [-0.2, 0) is 0 Å². The van der Waals surface area contributed by atoms with Crippen LogP contribution in [0.1, 0.15) is 16.1 Å². The van der Waals surface area contributed by atoms with Crippen molar-refractivity contribution in [2.24, 2.45) is 0 Å². The molecule has 2 rings (SSSR count). The van der Waals surface area contributed by atoms with E-state index in [1.165, 1.54) is 12.4 Å². The summed E-state index contributed by atoms with van der Waals surface area (Å²) in [6, 6.07) is 3.18. The molecule has 0 unspecified atom stereocenters. The molecule has 5 nitrogen and oxygen atoms in total. The van der Waals surface area contributed by atoms with Crippen LogP contribution in [0, 0.1) is 6.92 Å². The molecule has 2 aromatic rings. The van der Waals surface area contributed by atoms with Crippen LogP contribution in [0.15, 0.2) is 29.0 Å². The first-order valence-corrected chi connectivity index (χ1v) is 4.89. The molecular weight excluding hydrogens is 230 g/mol. The summed E-state index contributed by atoms with van der Waals surface area (Å²) in [5, 5.41) is 6.62. The van der Waals surface area contributed by atoms with Gasteiger partial charge in [-0.2, -0.15) is 0 Å². The number of halogens is 1. The molecule has 1 N–H and O–H groups in total. The molecular formula is C10H8ClN3O2. The van der Waals surface area contributed by atoms with Crippen molar-refractivity contribution in [3.63, 3.8) is 0 Å². The van der Waals surface area contributed by atoms with Crippen molar-refractivity contribution in [1.29, 1.82) is 0 Å². The number of carbonyl (C=O) groups excluding carboxylic acids is 1. The molecule has 0 saturated heterocycles. The lowest BCUT2D eigenvalue weighted by Gasteiger charge is -2.02. The monoisotopic (exact) mass is 237 g/mol. The molecule has 2 aromatic heterocycles. The number of hydrogen-bond donors (Lipinski definition) is 1. The maximum absolute atomic E-state index is 11.7. The predicted molar refractivity (Wildman–Crippen MR) is 58.4 cm³/mol. The van der Waals surface area contributed by atoms with Crippen LogP contribution in [0.2, 0.25) is 5.02 Å². The molecule has 0 fully saturated rings. The molecule has 2 heterocycles. The molecule has 6 heteroatoms. The fourth-order valence-electron chi connectivity index (χ4n) is 1.17. The third-order valence-corrected chi connectivity index (χ3v) is 2.19. The van der Waals surface area contributed by atoms with Crippen LogP contribution >= 0.6 is 11.6 Å². The molecule has 16 heavy (non-hydrogen) atoms. The maximum Gasteiger partial charge on any atom is 0.262 e. The van der Waals surface area contributed by atoms with E-state index in [-0.39, 0.29) is 5.91 Å². The first-order chi connectivity index (χ1) is 7.66. The SMILES string of the molecule is Cc1oncc1C(=O)Nc1cc(Cl)ccn1. The minimum absolute atomic E-state index is 0.325. The van der Waals surface area contributed by atoms with Crippen LogP contribution in [0.25, 0.3) is 0 Å². The summed E-state index contributed by atoms with van der Waals surface area (Å²) in [5.41, 5.74) is 0.377. The lowest BCUT2D eigenvalue weighted by Crippen LogP contribution is -2.13. The van der Waals surface area contributed by atoms with Crippen molar-refractivity contribution in [3.8, 4) is 0 Å². The Labute approximate surface area is 96.4 Å². The molecule has 0 atom stereocenters. The topological polar surface area (TPSA) is 68.0 Å². The van der Waals surface area contributed by atoms with Gasteiger partial charge in [-0.1, -0.05) is 16.8 Å². The van der Waals surface area contributed by atoms with Crippen LogP contribution in [0.4, 0.5) is 5.82 Å². The van der Waals surface area contributed by atoms with Crippen molar-refractivity contribution < 1.29 is 9.32 Å². The fourth-order valence-corrected chi connectivity index (χ4v) is 1.33. The van der Waals surface area contributed by atoms with Gasteiger partial charge in [-0.3, -0.25) is 4.79 Å². The Morgan fingerprint density at radius 2 is 2.38 bits per heavy atom. The molecule has 0 bridgehead atoms. The molecule has 0 spiro atoms. The zero-order chi connectivity index (χ0) is 11.5. The number of rotatable bonds is 2. The quantitative estimate of drug-likeness (QED) is 0.870. The lowest BCUT2D eigenvalue weighted by molar-refractivity contribution is 0.102.